The highest BCUT2D eigenvalue weighted by atomic mass is 16.5. The van der Waals surface area contributed by atoms with Gasteiger partial charge < -0.3 is 24.4 Å². The van der Waals surface area contributed by atoms with Crippen LogP contribution in [0.3, 0.4) is 0 Å². The number of hydrogen-bond acceptors (Lipinski definition) is 5. The molecule has 0 unspecified atom stereocenters. The molecule has 0 N–H and O–H groups in total. The molecule has 2 amide bonds. The second kappa shape index (κ2) is 8.56. The van der Waals surface area contributed by atoms with E-state index in [0.717, 1.165) is 5.56 Å². The van der Waals surface area contributed by atoms with Gasteiger partial charge in [0.05, 0.1) is 5.97 Å². The molecule has 1 aliphatic heterocycles. The van der Waals surface area contributed by atoms with Crippen molar-refractivity contribution in [1.82, 2.24) is 9.80 Å². The third kappa shape index (κ3) is 4.68. The normalized spacial score (nSPS) is 13.9. The van der Waals surface area contributed by atoms with E-state index in [1.165, 1.54) is 18.2 Å². The summed E-state index contributed by atoms with van der Waals surface area (Å²) in [6.07, 6.45) is 0. The van der Waals surface area contributed by atoms with E-state index >= 15 is 0 Å². The molecule has 7 nitrogen and oxygen atoms in total. The zero-order valence-electron chi connectivity index (χ0n) is 15.6. The average Bonchev–Trinajstić information content (AvgIpc) is 2.71. The minimum absolute atomic E-state index is 0.0343. The van der Waals surface area contributed by atoms with Crippen molar-refractivity contribution in [3.8, 4) is 5.75 Å². The smallest absolute Gasteiger partial charge is 0.260 e. The number of piperazine rings is 1. The lowest BCUT2D eigenvalue weighted by Crippen LogP contribution is -2.51. The summed E-state index contributed by atoms with van der Waals surface area (Å²) in [7, 11) is 0. The molecule has 146 valence electrons. The molecule has 3 rings (SSSR count). The molecule has 0 spiro atoms. The Labute approximate surface area is 163 Å². The van der Waals surface area contributed by atoms with Crippen LogP contribution in [0.1, 0.15) is 26.3 Å². The first-order chi connectivity index (χ1) is 13.4. The number of benzene rings is 2. The zero-order valence-corrected chi connectivity index (χ0v) is 15.6. The highest BCUT2D eigenvalue weighted by molar-refractivity contribution is 5.97. The first-order valence-electron chi connectivity index (χ1n) is 9.02. The number of aromatic carboxylic acids is 1. The fraction of sp³-hybridized carbons (Fsp3) is 0.286. The van der Waals surface area contributed by atoms with Gasteiger partial charge in [0.15, 0.2) is 6.61 Å². The van der Waals surface area contributed by atoms with E-state index < -0.39 is 5.97 Å². The van der Waals surface area contributed by atoms with Crippen LogP contribution in [-0.4, -0.2) is 60.4 Å². The van der Waals surface area contributed by atoms with Gasteiger partial charge >= 0.3 is 0 Å². The second-order valence-electron chi connectivity index (χ2n) is 6.65. The molecule has 28 heavy (non-hydrogen) atoms. The highest BCUT2D eigenvalue weighted by Crippen LogP contribution is 2.14. The fourth-order valence-corrected chi connectivity index (χ4v) is 3.06. The molecular formula is C21H21N2O5-. The maximum atomic E-state index is 12.6. The van der Waals surface area contributed by atoms with E-state index in [0.29, 0.717) is 37.5 Å². The van der Waals surface area contributed by atoms with Crippen molar-refractivity contribution in [2.45, 2.75) is 6.92 Å². The molecule has 2 aromatic rings. The lowest BCUT2D eigenvalue weighted by Gasteiger charge is -2.34. The van der Waals surface area contributed by atoms with Gasteiger partial charge in [-0.15, -0.1) is 0 Å². The van der Waals surface area contributed by atoms with Crippen LogP contribution in [0.15, 0.2) is 48.5 Å². The van der Waals surface area contributed by atoms with Crippen molar-refractivity contribution < 1.29 is 24.2 Å². The lowest BCUT2D eigenvalue weighted by molar-refractivity contribution is -0.255. The predicted molar refractivity (Wildman–Crippen MR) is 99.9 cm³/mol. The monoisotopic (exact) mass is 381 g/mol. The number of carbonyl (C=O) groups is 3. The van der Waals surface area contributed by atoms with E-state index in [4.69, 9.17) is 4.74 Å². The summed E-state index contributed by atoms with van der Waals surface area (Å²) in [4.78, 5) is 39.2. The number of aryl methyl sites for hydroxylation is 1. The summed E-state index contributed by atoms with van der Waals surface area (Å²) in [5.41, 5.74) is 1.32. The van der Waals surface area contributed by atoms with Crippen LogP contribution >= 0.6 is 0 Å². The van der Waals surface area contributed by atoms with E-state index in [1.54, 1.807) is 21.9 Å². The Kier molecular flexibility index (Phi) is 5.93. The number of amides is 2. The predicted octanol–water partition coefficient (Wildman–Crippen LogP) is 0.722. The molecule has 0 aliphatic carbocycles. The Balaban J connectivity index is 1.52. The number of nitrogens with zero attached hydrogens (tertiary/aromatic N) is 2. The number of carboxylic acids is 1. The molecule has 2 aromatic carbocycles. The summed E-state index contributed by atoms with van der Waals surface area (Å²) in [5, 5.41) is 11.0. The molecule has 1 aliphatic rings. The Morgan fingerprint density at radius 3 is 2.25 bits per heavy atom. The maximum Gasteiger partial charge on any atom is 0.260 e. The third-order valence-corrected chi connectivity index (χ3v) is 4.62. The molecule has 0 aromatic heterocycles. The summed E-state index contributed by atoms with van der Waals surface area (Å²) in [6.45, 7) is 3.47. The van der Waals surface area contributed by atoms with Crippen LogP contribution in [0.25, 0.3) is 0 Å². The summed E-state index contributed by atoms with van der Waals surface area (Å²) in [5.74, 6) is -1.06. The van der Waals surface area contributed by atoms with Crippen molar-refractivity contribution in [1.29, 1.82) is 0 Å². The van der Waals surface area contributed by atoms with Crippen molar-refractivity contribution >= 4 is 17.8 Å². The largest absolute Gasteiger partial charge is 0.545 e. The summed E-state index contributed by atoms with van der Waals surface area (Å²) >= 11 is 0. The standard InChI is InChI=1S/C21H22N2O5/c1-15-4-2-7-18(12-15)28-14-19(24)22-8-10-23(11-9-22)20(25)16-5-3-6-17(13-16)21(26)27/h2-7,12-13H,8-11,14H2,1H3,(H,26,27)/p-1. The van der Waals surface area contributed by atoms with Crippen molar-refractivity contribution in [2.75, 3.05) is 32.8 Å². The first kappa shape index (κ1) is 19.4. The Bertz CT molecular complexity index is 888. The first-order valence-corrected chi connectivity index (χ1v) is 9.02. The van der Waals surface area contributed by atoms with Gasteiger partial charge in [-0.3, -0.25) is 9.59 Å². The van der Waals surface area contributed by atoms with E-state index in [1.807, 2.05) is 25.1 Å². The minimum atomic E-state index is -1.32. The van der Waals surface area contributed by atoms with Gasteiger partial charge in [-0.25, -0.2) is 0 Å². The number of hydrogen-bond donors (Lipinski definition) is 0. The molecule has 0 saturated carbocycles. The Morgan fingerprint density at radius 2 is 1.57 bits per heavy atom. The molecule has 1 saturated heterocycles. The maximum absolute atomic E-state index is 12.6. The lowest BCUT2D eigenvalue weighted by atomic mass is 10.1. The molecule has 0 radical (unpaired) electrons. The number of rotatable bonds is 5. The van der Waals surface area contributed by atoms with Crippen LogP contribution in [0.4, 0.5) is 0 Å². The van der Waals surface area contributed by atoms with E-state index in [9.17, 15) is 19.5 Å². The summed E-state index contributed by atoms with van der Waals surface area (Å²) in [6, 6.07) is 13.3. The van der Waals surface area contributed by atoms with Gasteiger partial charge in [0.25, 0.3) is 11.8 Å². The quantitative estimate of drug-likeness (QED) is 0.761. The number of carbonyl (C=O) groups excluding carboxylic acids is 3. The zero-order chi connectivity index (χ0) is 20.1. The number of carboxylic acid groups (broad SMARTS) is 1. The van der Waals surface area contributed by atoms with Gasteiger partial charge in [-0.05, 0) is 42.3 Å². The van der Waals surface area contributed by atoms with Gasteiger partial charge in [0, 0.05) is 31.7 Å². The minimum Gasteiger partial charge on any atom is -0.545 e. The molecule has 1 heterocycles. The Hall–Kier alpha value is -3.35. The van der Waals surface area contributed by atoms with Crippen LogP contribution in [-0.2, 0) is 4.79 Å². The molecule has 0 atom stereocenters. The second-order valence-corrected chi connectivity index (χ2v) is 6.65. The molecular weight excluding hydrogens is 360 g/mol. The highest BCUT2D eigenvalue weighted by Gasteiger charge is 2.25. The fourth-order valence-electron chi connectivity index (χ4n) is 3.06. The van der Waals surface area contributed by atoms with Crippen molar-refractivity contribution in [3.05, 3.63) is 65.2 Å². The number of ether oxygens (including phenoxy) is 1. The molecule has 1 fully saturated rings. The molecule has 7 heteroatoms. The van der Waals surface area contributed by atoms with Crippen LogP contribution in [0, 0.1) is 6.92 Å². The van der Waals surface area contributed by atoms with E-state index in [-0.39, 0.29) is 24.0 Å². The van der Waals surface area contributed by atoms with Crippen LogP contribution in [0.5, 0.6) is 5.75 Å². The SMILES string of the molecule is Cc1cccc(OCC(=O)N2CCN(C(=O)c3cccc(C(=O)[O-])c3)CC2)c1. The third-order valence-electron chi connectivity index (χ3n) is 4.62. The van der Waals surface area contributed by atoms with Crippen molar-refractivity contribution in [3.63, 3.8) is 0 Å². The van der Waals surface area contributed by atoms with Gasteiger partial charge in [-0.1, -0.05) is 24.3 Å². The van der Waals surface area contributed by atoms with Crippen LogP contribution in [0.2, 0.25) is 0 Å². The van der Waals surface area contributed by atoms with Crippen LogP contribution < -0.4 is 9.84 Å². The molecule has 0 bridgehead atoms. The topological polar surface area (TPSA) is 90.0 Å². The van der Waals surface area contributed by atoms with Gasteiger partial charge in [0.1, 0.15) is 5.75 Å². The average molecular weight is 381 g/mol. The van der Waals surface area contributed by atoms with Crippen molar-refractivity contribution in [2.24, 2.45) is 0 Å². The van der Waals surface area contributed by atoms with Gasteiger partial charge in [0.2, 0.25) is 0 Å². The van der Waals surface area contributed by atoms with Gasteiger partial charge in [-0.2, -0.15) is 0 Å². The Morgan fingerprint density at radius 1 is 0.929 bits per heavy atom. The van der Waals surface area contributed by atoms with E-state index in [2.05, 4.69) is 0 Å². The summed E-state index contributed by atoms with van der Waals surface area (Å²) < 4.78 is 5.55.